The number of phenols is 1. The molecule has 3 heteroatoms. The molecule has 0 bridgehead atoms. The van der Waals surface area contributed by atoms with Gasteiger partial charge in [0, 0.05) is 10.9 Å². The number of rotatable bonds is 4. The predicted octanol–water partition coefficient (Wildman–Crippen LogP) is 5.27. The van der Waals surface area contributed by atoms with Gasteiger partial charge in [-0.3, -0.25) is 4.79 Å². The van der Waals surface area contributed by atoms with Crippen LogP contribution in [0.1, 0.15) is 32.8 Å². The highest BCUT2D eigenvalue weighted by Gasteiger charge is 2.19. The summed E-state index contributed by atoms with van der Waals surface area (Å²) in [6.45, 7) is 1.83. The topological polar surface area (TPSA) is 50.4 Å². The average molecular weight is 342 g/mol. The van der Waals surface area contributed by atoms with Crippen molar-refractivity contribution in [3.05, 3.63) is 101 Å². The maximum Gasteiger partial charge on any atom is 0.197 e. The molecular weight excluding hydrogens is 324 g/mol. The van der Waals surface area contributed by atoms with Crippen LogP contribution in [0.4, 0.5) is 0 Å². The molecule has 0 spiro atoms. The van der Waals surface area contributed by atoms with Gasteiger partial charge in [-0.05, 0) is 42.7 Å². The number of hydrogen-bond donors (Lipinski definition) is 1. The second kappa shape index (κ2) is 6.52. The van der Waals surface area contributed by atoms with Crippen LogP contribution in [0.3, 0.4) is 0 Å². The van der Waals surface area contributed by atoms with Crippen molar-refractivity contribution in [3.63, 3.8) is 0 Å². The van der Waals surface area contributed by atoms with Gasteiger partial charge in [-0.25, -0.2) is 0 Å². The highest BCUT2D eigenvalue weighted by Crippen LogP contribution is 2.27. The number of para-hydroxylation sites is 1. The van der Waals surface area contributed by atoms with Crippen molar-refractivity contribution in [2.45, 2.75) is 13.3 Å². The van der Waals surface area contributed by atoms with Gasteiger partial charge in [-0.15, -0.1) is 0 Å². The van der Waals surface area contributed by atoms with Gasteiger partial charge < -0.3 is 9.52 Å². The van der Waals surface area contributed by atoms with Crippen LogP contribution >= 0.6 is 0 Å². The molecule has 0 aliphatic rings. The number of carbonyl (C=O) groups is 1. The van der Waals surface area contributed by atoms with E-state index >= 15 is 0 Å². The van der Waals surface area contributed by atoms with Crippen LogP contribution in [-0.4, -0.2) is 10.9 Å². The lowest BCUT2D eigenvalue weighted by atomic mass is 9.98. The Labute approximate surface area is 151 Å². The van der Waals surface area contributed by atoms with Crippen LogP contribution in [0.5, 0.6) is 5.75 Å². The third-order valence-electron chi connectivity index (χ3n) is 4.56. The molecule has 0 aliphatic carbocycles. The molecular formula is C23H18O3. The molecule has 128 valence electrons. The van der Waals surface area contributed by atoms with E-state index in [-0.39, 0.29) is 11.5 Å². The summed E-state index contributed by atoms with van der Waals surface area (Å²) < 4.78 is 5.71. The zero-order chi connectivity index (χ0) is 18.1. The number of phenolic OH excluding ortho intramolecular Hbond substituents is 1. The SMILES string of the molecule is Cc1oc2ccccc2c1C(=O)c1ccc(Cc2ccc(O)cc2)cc1. The number of aryl methyl sites for hydroxylation is 1. The molecule has 0 saturated heterocycles. The molecule has 0 atom stereocenters. The minimum atomic E-state index is -0.0244. The molecule has 3 aromatic carbocycles. The number of hydrogen-bond acceptors (Lipinski definition) is 3. The molecule has 3 nitrogen and oxygen atoms in total. The van der Waals surface area contributed by atoms with Gasteiger partial charge in [-0.2, -0.15) is 0 Å². The Morgan fingerprint density at radius 3 is 2.19 bits per heavy atom. The summed E-state index contributed by atoms with van der Waals surface area (Å²) in [4.78, 5) is 13.0. The van der Waals surface area contributed by atoms with Crippen LogP contribution in [0.15, 0.2) is 77.2 Å². The fourth-order valence-electron chi connectivity index (χ4n) is 3.22. The van der Waals surface area contributed by atoms with Crippen molar-refractivity contribution in [1.29, 1.82) is 0 Å². The first-order valence-corrected chi connectivity index (χ1v) is 8.51. The van der Waals surface area contributed by atoms with Gasteiger partial charge in [0.15, 0.2) is 5.78 Å². The maximum absolute atomic E-state index is 13.0. The van der Waals surface area contributed by atoms with Crippen molar-refractivity contribution in [3.8, 4) is 5.75 Å². The minimum Gasteiger partial charge on any atom is -0.508 e. The molecule has 4 aromatic rings. The lowest BCUT2D eigenvalue weighted by molar-refractivity contribution is 0.103. The summed E-state index contributed by atoms with van der Waals surface area (Å²) in [7, 11) is 0. The van der Waals surface area contributed by atoms with Gasteiger partial charge in [0.2, 0.25) is 0 Å². The fourth-order valence-corrected chi connectivity index (χ4v) is 3.22. The molecule has 0 radical (unpaired) electrons. The summed E-state index contributed by atoms with van der Waals surface area (Å²) >= 11 is 0. The maximum atomic E-state index is 13.0. The van der Waals surface area contributed by atoms with Crippen molar-refractivity contribution in [2.75, 3.05) is 0 Å². The van der Waals surface area contributed by atoms with E-state index in [0.29, 0.717) is 16.9 Å². The highest BCUT2D eigenvalue weighted by molar-refractivity contribution is 6.16. The lowest BCUT2D eigenvalue weighted by Crippen LogP contribution is -2.02. The number of fused-ring (bicyclic) bond motifs is 1. The molecule has 0 saturated carbocycles. The van der Waals surface area contributed by atoms with Crippen LogP contribution in [0.25, 0.3) is 11.0 Å². The molecule has 1 N–H and O–H groups in total. The zero-order valence-electron chi connectivity index (χ0n) is 14.4. The van der Waals surface area contributed by atoms with Gasteiger partial charge in [-0.1, -0.05) is 54.6 Å². The predicted molar refractivity (Wildman–Crippen MR) is 102 cm³/mol. The van der Waals surface area contributed by atoms with Crippen molar-refractivity contribution in [2.24, 2.45) is 0 Å². The monoisotopic (exact) mass is 342 g/mol. The summed E-state index contributed by atoms with van der Waals surface area (Å²) in [6.07, 6.45) is 0.752. The Balaban J connectivity index is 1.61. The molecule has 1 aromatic heterocycles. The molecule has 4 rings (SSSR count). The number of carbonyl (C=O) groups excluding carboxylic acids is 1. The average Bonchev–Trinajstić information content (AvgIpc) is 2.99. The van der Waals surface area contributed by atoms with E-state index in [1.165, 1.54) is 0 Å². The normalized spacial score (nSPS) is 11.0. The van der Waals surface area contributed by atoms with Crippen LogP contribution in [-0.2, 0) is 6.42 Å². The zero-order valence-corrected chi connectivity index (χ0v) is 14.4. The Morgan fingerprint density at radius 2 is 1.50 bits per heavy atom. The van der Waals surface area contributed by atoms with Crippen LogP contribution in [0.2, 0.25) is 0 Å². The number of benzene rings is 3. The van der Waals surface area contributed by atoms with E-state index in [9.17, 15) is 9.90 Å². The smallest absolute Gasteiger partial charge is 0.197 e. The van der Waals surface area contributed by atoms with E-state index in [2.05, 4.69) is 0 Å². The number of aromatic hydroxyl groups is 1. The summed E-state index contributed by atoms with van der Waals surface area (Å²) in [5, 5.41) is 10.2. The second-order valence-corrected chi connectivity index (χ2v) is 6.40. The quantitative estimate of drug-likeness (QED) is 0.514. The minimum absolute atomic E-state index is 0.0244. The third-order valence-corrected chi connectivity index (χ3v) is 4.56. The van der Waals surface area contributed by atoms with E-state index in [4.69, 9.17) is 4.42 Å². The van der Waals surface area contributed by atoms with E-state index in [0.717, 1.165) is 28.5 Å². The van der Waals surface area contributed by atoms with Crippen LogP contribution in [0, 0.1) is 6.92 Å². The van der Waals surface area contributed by atoms with E-state index in [1.54, 1.807) is 12.1 Å². The van der Waals surface area contributed by atoms with Gasteiger partial charge in [0.1, 0.15) is 17.1 Å². The van der Waals surface area contributed by atoms with E-state index in [1.807, 2.05) is 67.6 Å². The van der Waals surface area contributed by atoms with Crippen molar-refractivity contribution < 1.29 is 14.3 Å². The molecule has 0 unspecified atom stereocenters. The molecule has 0 fully saturated rings. The summed E-state index contributed by atoms with van der Waals surface area (Å²) in [6, 6.07) is 22.4. The standard InChI is InChI=1S/C23H18O3/c1-15-22(20-4-2-3-5-21(20)26-15)23(25)18-10-6-16(7-11-18)14-17-8-12-19(24)13-9-17/h2-13,24H,14H2,1H3. The van der Waals surface area contributed by atoms with E-state index < -0.39 is 0 Å². The Hall–Kier alpha value is -3.33. The first-order valence-electron chi connectivity index (χ1n) is 8.51. The number of ketones is 1. The molecule has 26 heavy (non-hydrogen) atoms. The van der Waals surface area contributed by atoms with Gasteiger partial charge >= 0.3 is 0 Å². The second-order valence-electron chi connectivity index (χ2n) is 6.40. The fraction of sp³-hybridized carbons (Fsp3) is 0.0870. The van der Waals surface area contributed by atoms with Crippen molar-refractivity contribution in [1.82, 2.24) is 0 Å². The Bertz CT molecular complexity index is 1070. The molecule has 0 amide bonds. The largest absolute Gasteiger partial charge is 0.508 e. The molecule has 1 heterocycles. The highest BCUT2D eigenvalue weighted by atomic mass is 16.3. The van der Waals surface area contributed by atoms with Gasteiger partial charge in [0.05, 0.1) is 5.56 Å². The third kappa shape index (κ3) is 3.00. The number of furan rings is 1. The summed E-state index contributed by atoms with van der Waals surface area (Å²) in [5.41, 5.74) is 4.23. The lowest BCUT2D eigenvalue weighted by Gasteiger charge is -2.05. The van der Waals surface area contributed by atoms with Crippen molar-refractivity contribution >= 4 is 16.8 Å². The molecule has 0 aliphatic heterocycles. The summed E-state index contributed by atoms with van der Waals surface area (Å²) in [5.74, 6) is 0.880. The first kappa shape index (κ1) is 16.2. The Kier molecular flexibility index (Phi) is 4.05. The van der Waals surface area contributed by atoms with Gasteiger partial charge in [0.25, 0.3) is 0 Å². The first-order chi connectivity index (χ1) is 12.6. The van der Waals surface area contributed by atoms with Crippen LogP contribution < -0.4 is 0 Å². The Morgan fingerprint density at radius 1 is 0.885 bits per heavy atom.